The average molecular weight is 910 g/mol. The van der Waals surface area contributed by atoms with Gasteiger partial charge in [-0.1, -0.05) is 158 Å². The highest BCUT2D eigenvalue weighted by molar-refractivity contribution is 7.26. The molecule has 0 bridgehead atoms. The fourth-order valence-corrected chi connectivity index (χ4v) is 13.6. The standard InChI is InChI=1S/C63H68BN3S/c1-58(2,3)40-20-24-50(43(32-40)39-18-16-15-17-19-39)67-53-31-38(37-65)30-52-56(53)64(55-44-33-41(59(4,5)6)21-25-54(44)68-57(55)67)49-35-47-48(63(13,14)29-28-62(47,11)12)36-51(49)66(52)42-22-23-45-46(34-42)61(9,10)27-26-60(45,7)8/h15-25,30-36H,26-29H2,1-14H3. The van der Waals surface area contributed by atoms with Gasteiger partial charge in [0, 0.05) is 33.0 Å². The van der Waals surface area contributed by atoms with Gasteiger partial charge in [0.05, 0.1) is 22.3 Å². The molecule has 0 unspecified atom stereocenters. The molecule has 7 aromatic rings. The maximum absolute atomic E-state index is 11.2. The summed E-state index contributed by atoms with van der Waals surface area (Å²) in [4.78, 5) is 5.15. The van der Waals surface area contributed by atoms with E-state index >= 15 is 0 Å². The lowest BCUT2D eigenvalue weighted by atomic mass is 9.33. The van der Waals surface area contributed by atoms with Crippen LogP contribution in [0.25, 0.3) is 21.2 Å². The monoisotopic (exact) mass is 910 g/mol. The number of fused-ring (bicyclic) bond motifs is 8. The average Bonchev–Trinajstić information content (AvgIpc) is 3.67. The summed E-state index contributed by atoms with van der Waals surface area (Å²) in [6, 6.07) is 45.1. The number of anilines is 6. The molecule has 0 saturated heterocycles. The van der Waals surface area contributed by atoms with Crippen LogP contribution in [-0.4, -0.2) is 6.71 Å². The number of thiophene rings is 1. The molecule has 5 heteroatoms. The van der Waals surface area contributed by atoms with Crippen molar-refractivity contribution in [3.05, 3.63) is 148 Å². The second-order valence-corrected chi connectivity index (χ2v) is 26.5. The van der Waals surface area contributed by atoms with Gasteiger partial charge in [-0.25, -0.2) is 0 Å². The fraction of sp³-hybridized carbons (Fsp3) is 0.381. The van der Waals surface area contributed by atoms with Gasteiger partial charge >= 0.3 is 0 Å². The van der Waals surface area contributed by atoms with Crippen LogP contribution in [-0.2, 0) is 32.5 Å². The maximum Gasteiger partial charge on any atom is 0.254 e. The Morgan fingerprint density at radius 3 is 1.71 bits per heavy atom. The van der Waals surface area contributed by atoms with E-state index in [0.717, 1.165) is 36.3 Å². The summed E-state index contributed by atoms with van der Waals surface area (Å²) < 4.78 is 1.29. The molecule has 1 aromatic heterocycles. The van der Waals surface area contributed by atoms with E-state index < -0.39 is 0 Å². The van der Waals surface area contributed by atoms with Crippen LogP contribution in [0, 0.1) is 11.3 Å². The summed E-state index contributed by atoms with van der Waals surface area (Å²) in [5.74, 6) is 0. The summed E-state index contributed by atoms with van der Waals surface area (Å²) in [5, 5.41) is 13.8. The van der Waals surface area contributed by atoms with Crippen molar-refractivity contribution in [1.29, 1.82) is 5.26 Å². The fourth-order valence-electron chi connectivity index (χ4n) is 12.4. The topological polar surface area (TPSA) is 30.3 Å². The molecule has 4 aliphatic rings. The molecule has 0 atom stereocenters. The quantitative estimate of drug-likeness (QED) is 0.166. The highest BCUT2D eigenvalue weighted by atomic mass is 32.1. The van der Waals surface area contributed by atoms with Crippen molar-refractivity contribution in [2.75, 3.05) is 9.80 Å². The Labute approximate surface area is 411 Å². The predicted octanol–water partition coefficient (Wildman–Crippen LogP) is 15.8. The zero-order chi connectivity index (χ0) is 48.2. The number of nitriles is 1. The van der Waals surface area contributed by atoms with Crippen LogP contribution < -0.4 is 26.2 Å². The van der Waals surface area contributed by atoms with Crippen LogP contribution in [0.3, 0.4) is 0 Å². The molecular formula is C63H68BN3S. The van der Waals surface area contributed by atoms with Gasteiger partial charge in [0.2, 0.25) is 0 Å². The largest absolute Gasteiger partial charge is 0.311 e. The molecule has 3 heterocycles. The van der Waals surface area contributed by atoms with Gasteiger partial charge in [-0.15, -0.1) is 11.3 Å². The van der Waals surface area contributed by atoms with Crippen LogP contribution in [0.1, 0.15) is 162 Å². The first-order valence-corrected chi connectivity index (χ1v) is 26.0. The normalized spacial score (nSPS) is 18.3. The Morgan fingerprint density at radius 2 is 1.09 bits per heavy atom. The lowest BCUT2D eigenvalue weighted by Gasteiger charge is -2.47. The molecule has 0 fully saturated rings. The van der Waals surface area contributed by atoms with E-state index in [1.807, 2.05) is 11.3 Å². The highest BCUT2D eigenvalue weighted by Crippen LogP contribution is 2.55. The summed E-state index contributed by atoms with van der Waals surface area (Å²) >= 11 is 1.91. The van der Waals surface area contributed by atoms with E-state index in [1.54, 1.807) is 0 Å². The third-order valence-electron chi connectivity index (χ3n) is 16.9. The van der Waals surface area contributed by atoms with Gasteiger partial charge in [0.1, 0.15) is 0 Å². The van der Waals surface area contributed by atoms with E-state index in [-0.39, 0.29) is 39.2 Å². The molecule has 0 spiro atoms. The molecule has 2 aliphatic carbocycles. The number of hydrogen-bond donors (Lipinski definition) is 0. The van der Waals surface area contributed by atoms with Crippen LogP contribution >= 0.6 is 11.3 Å². The number of benzene rings is 6. The summed E-state index contributed by atoms with van der Waals surface area (Å²) in [6.07, 6.45) is 4.59. The van der Waals surface area contributed by atoms with Gasteiger partial charge in [0.15, 0.2) is 0 Å². The minimum absolute atomic E-state index is 0.00558. The molecule has 68 heavy (non-hydrogen) atoms. The zero-order valence-corrected chi connectivity index (χ0v) is 43.9. The molecule has 11 rings (SSSR count). The van der Waals surface area contributed by atoms with E-state index in [2.05, 4.69) is 222 Å². The first-order chi connectivity index (χ1) is 31.9. The van der Waals surface area contributed by atoms with Crippen molar-refractivity contribution >= 4 is 78.0 Å². The van der Waals surface area contributed by atoms with E-state index in [9.17, 15) is 5.26 Å². The number of hydrogen-bond acceptors (Lipinski definition) is 4. The minimum atomic E-state index is -0.0672. The maximum atomic E-state index is 11.2. The highest BCUT2D eigenvalue weighted by Gasteiger charge is 2.49. The summed E-state index contributed by atoms with van der Waals surface area (Å²) in [7, 11) is 0. The Balaban J connectivity index is 1.31. The van der Waals surface area contributed by atoms with Crippen LogP contribution in [0.2, 0.25) is 0 Å². The van der Waals surface area contributed by atoms with Gasteiger partial charge in [-0.05, 0) is 167 Å². The molecule has 344 valence electrons. The number of rotatable bonds is 3. The minimum Gasteiger partial charge on any atom is -0.311 e. The Kier molecular flexibility index (Phi) is 9.73. The molecule has 3 nitrogen and oxygen atoms in total. The van der Waals surface area contributed by atoms with Crippen molar-refractivity contribution in [1.82, 2.24) is 0 Å². The lowest BCUT2D eigenvalue weighted by molar-refractivity contribution is 0.332. The zero-order valence-electron chi connectivity index (χ0n) is 43.0. The van der Waals surface area contributed by atoms with Crippen molar-refractivity contribution in [3.8, 4) is 17.2 Å². The van der Waals surface area contributed by atoms with Gasteiger partial charge < -0.3 is 9.80 Å². The summed E-state index contributed by atoms with van der Waals surface area (Å²) in [6.45, 7) is 33.4. The second kappa shape index (κ2) is 14.7. The van der Waals surface area contributed by atoms with Crippen molar-refractivity contribution in [2.24, 2.45) is 0 Å². The van der Waals surface area contributed by atoms with Gasteiger partial charge in [0.25, 0.3) is 6.71 Å². The Bertz CT molecular complexity index is 3290. The molecule has 0 N–H and O–H groups in total. The second-order valence-electron chi connectivity index (χ2n) is 25.5. The number of nitrogens with zero attached hydrogens (tertiary/aromatic N) is 3. The molecule has 0 radical (unpaired) electrons. The van der Waals surface area contributed by atoms with Crippen LogP contribution in [0.15, 0.2) is 109 Å². The molecular weight excluding hydrogens is 842 g/mol. The van der Waals surface area contributed by atoms with Crippen LogP contribution in [0.4, 0.5) is 33.4 Å². The SMILES string of the molecule is CC(C)(C)c1ccc(N2c3cc(C#N)cc4c3B(c3cc5c(cc3N4c3ccc4c(c3)C(C)(C)CCC4(C)C)C(C)(C)CCC5(C)C)c3c2sc2ccc(C(C)(C)C)cc32)c(-c2ccccc2)c1. The van der Waals surface area contributed by atoms with Crippen molar-refractivity contribution in [3.63, 3.8) is 0 Å². The van der Waals surface area contributed by atoms with E-state index in [4.69, 9.17) is 0 Å². The van der Waals surface area contributed by atoms with Crippen LogP contribution in [0.5, 0.6) is 0 Å². The first-order valence-electron chi connectivity index (χ1n) is 25.2. The molecule has 2 aliphatic heterocycles. The Morgan fingerprint density at radius 1 is 0.529 bits per heavy atom. The molecule has 0 amide bonds. The predicted molar refractivity (Wildman–Crippen MR) is 294 cm³/mol. The summed E-state index contributed by atoms with van der Waals surface area (Å²) in [5.41, 5.74) is 21.3. The van der Waals surface area contributed by atoms with E-state index in [0.29, 0.717) is 5.56 Å². The Hall–Kier alpha value is -5.57. The third kappa shape index (κ3) is 6.78. The van der Waals surface area contributed by atoms with Crippen molar-refractivity contribution < 1.29 is 0 Å². The van der Waals surface area contributed by atoms with E-state index in [1.165, 1.54) is 93.8 Å². The third-order valence-corrected chi connectivity index (χ3v) is 18.1. The molecule has 0 saturated carbocycles. The first kappa shape index (κ1) is 44.9. The molecule has 6 aromatic carbocycles. The van der Waals surface area contributed by atoms with Crippen molar-refractivity contribution in [2.45, 2.75) is 155 Å². The lowest BCUT2D eigenvalue weighted by Crippen LogP contribution is -2.61. The van der Waals surface area contributed by atoms with Gasteiger partial charge in [-0.2, -0.15) is 5.26 Å². The smallest absolute Gasteiger partial charge is 0.254 e. The van der Waals surface area contributed by atoms with Gasteiger partial charge in [-0.3, -0.25) is 0 Å².